The van der Waals surface area contributed by atoms with E-state index < -0.39 is 10.6 Å². The third-order valence-corrected chi connectivity index (χ3v) is 7.96. The highest BCUT2D eigenvalue weighted by atomic mass is 32.3. The molecule has 10 heteroatoms. The van der Waals surface area contributed by atoms with Crippen LogP contribution in [-0.4, -0.2) is 56.4 Å². The summed E-state index contributed by atoms with van der Waals surface area (Å²) in [5.74, 6) is 1.74. The second-order valence-electron chi connectivity index (χ2n) is 9.20. The number of hydrogen-bond acceptors (Lipinski definition) is 7. The van der Waals surface area contributed by atoms with Crippen LogP contribution >= 0.6 is 10.6 Å². The molecule has 6 rings (SSSR count). The smallest absolute Gasteiger partial charge is 0.319 e. The maximum Gasteiger partial charge on any atom is 0.319 e. The van der Waals surface area contributed by atoms with Gasteiger partial charge in [-0.2, -0.15) is 10.6 Å². The summed E-state index contributed by atoms with van der Waals surface area (Å²) in [5.41, 5.74) is 3.09. The zero-order valence-corrected chi connectivity index (χ0v) is 18.5. The van der Waals surface area contributed by atoms with Crippen molar-refractivity contribution < 1.29 is 18.6 Å². The molecule has 1 saturated carbocycles. The van der Waals surface area contributed by atoms with Crippen LogP contribution in [-0.2, 0) is 16.2 Å². The average molecular weight is 458 g/mol. The summed E-state index contributed by atoms with van der Waals surface area (Å²) in [4.78, 5) is 23.8. The zero-order valence-electron chi connectivity index (χ0n) is 17.7. The Labute approximate surface area is 187 Å². The molecule has 2 amide bonds. The van der Waals surface area contributed by atoms with E-state index in [1.807, 2.05) is 24.3 Å². The van der Waals surface area contributed by atoms with E-state index in [0.717, 1.165) is 61.4 Å². The third-order valence-electron chi connectivity index (χ3n) is 6.47. The third kappa shape index (κ3) is 4.03. The molecule has 1 aromatic carbocycles. The topological polar surface area (TPSA) is 120 Å². The number of carbonyl (C=O) groups excluding carboxylic acids is 1. The number of fused-ring (bicyclic) bond motifs is 3. The van der Waals surface area contributed by atoms with E-state index in [-0.39, 0.29) is 29.7 Å². The molecule has 170 valence electrons. The van der Waals surface area contributed by atoms with E-state index in [2.05, 4.69) is 15.5 Å². The molecule has 2 saturated heterocycles. The molecule has 1 aromatic heterocycles. The molecule has 2 unspecified atom stereocenters. The summed E-state index contributed by atoms with van der Waals surface area (Å²) in [6.07, 6.45) is 4.60. The largest absolute Gasteiger partial charge is 0.371 e. The number of carbonyl (C=O) groups is 1. The predicted molar refractivity (Wildman–Crippen MR) is 123 cm³/mol. The molecule has 3 fully saturated rings. The van der Waals surface area contributed by atoms with E-state index in [0.29, 0.717) is 17.6 Å². The minimum absolute atomic E-state index is 0.170. The SMILES string of the molecule is O=C(Nc1ccc(-c2nc3c(c(N4CC5CCC(C4)O5)n2)CS(O)(O)C3)cc1)NC1CC1. The first-order chi connectivity index (χ1) is 15.4. The summed E-state index contributed by atoms with van der Waals surface area (Å²) in [5, 5.41) is 5.75. The van der Waals surface area contributed by atoms with Gasteiger partial charge in [0.2, 0.25) is 0 Å². The number of ether oxygens (including phenoxy) is 1. The van der Waals surface area contributed by atoms with E-state index in [9.17, 15) is 13.9 Å². The van der Waals surface area contributed by atoms with Gasteiger partial charge in [-0.1, -0.05) is 0 Å². The van der Waals surface area contributed by atoms with E-state index in [1.165, 1.54) is 0 Å². The lowest BCUT2D eigenvalue weighted by Crippen LogP contribution is -2.43. The van der Waals surface area contributed by atoms with E-state index in [4.69, 9.17) is 14.7 Å². The van der Waals surface area contributed by atoms with Gasteiger partial charge in [-0.15, -0.1) is 0 Å². The zero-order chi connectivity index (χ0) is 21.9. The van der Waals surface area contributed by atoms with Crippen molar-refractivity contribution in [3.63, 3.8) is 0 Å². The highest BCUT2D eigenvalue weighted by Crippen LogP contribution is 2.54. The molecule has 2 aromatic rings. The lowest BCUT2D eigenvalue weighted by Gasteiger charge is -2.34. The molecule has 4 heterocycles. The van der Waals surface area contributed by atoms with Crippen molar-refractivity contribution in [2.75, 3.05) is 23.3 Å². The van der Waals surface area contributed by atoms with Crippen LogP contribution in [0.5, 0.6) is 0 Å². The van der Waals surface area contributed by atoms with Crippen molar-refractivity contribution >= 4 is 28.1 Å². The summed E-state index contributed by atoms with van der Waals surface area (Å²) < 4.78 is 26.7. The Morgan fingerprint density at radius 1 is 1.03 bits per heavy atom. The molecule has 2 atom stereocenters. The number of hydrogen-bond donors (Lipinski definition) is 4. The van der Waals surface area contributed by atoms with Gasteiger partial charge in [-0.3, -0.25) is 9.11 Å². The highest BCUT2D eigenvalue weighted by Gasteiger charge is 2.38. The first-order valence-electron chi connectivity index (χ1n) is 11.1. The second kappa shape index (κ2) is 7.58. The van der Waals surface area contributed by atoms with E-state index in [1.54, 1.807) is 0 Å². The van der Waals surface area contributed by atoms with Crippen molar-refractivity contribution in [3.8, 4) is 11.4 Å². The van der Waals surface area contributed by atoms with Gasteiger partial charge in [0.1, 0.15) is 5.82 Å². The normalized spacial score (nSPS) is 26.5. The number of anilines is 2. The molecule has 0 spiro atoms. The van der Waals surface area contributed by atoms with Gasteiger partial charge in [-0.25, -0.2) is 14.8 Å². The standard InChI is InChI=1S/C22H27N5O4S/c28-22(24-15-5-6-15)23-14-3-1-13(2-4-14)20-25-19-12-32(29,30)11-18(19)21(26-20)27-9-16-7-8-17(10-27)31-16/h1-4,15-17,29-30H,5-12H2,(H2,23,24,28). The first-order valence-corrected chi connectivity index (χ1v) is 13.0. The van der Waals surface area contributed by atoms with Crippen molar-refractivity contribution in [1.29, 1.82) is 0 Å². The Kier molecular flexibility index (Phi) is 4.79. The van der Waals surface area contributed by atoms with E-state index >= 15 is 0 Å². The van der Waals surface area contributed by atoms with Crippen LogP contribution in [0.1, 0.15) is 36.9 Å². The molecule has 32 heavy (non-hydrogen) atoms. The molecule has 9 nitrogen and oxygen atoms in total. The first kappa shape index (κ1) is 20.2. The Morgan fingerprint density at radius 2 is 1.75 bits per heavy atom. The molecular formula is C22H27N5O4S. The molecule has 4 aliphatic rings. The Hall–Kier alpha value is -2.40. The van der Waals surface area contributed by atoms with Gasteiger partial charge in [0, 0.05) is 35.9 Å². The van der Waals surface area contributed by atoms with Crippen molar-refractivity contribution in [3.05, 3.63) is 35.5 Å². The number of nitrogens with zero attached hydrogens (tertiary/aromatic N) is 3. The average Bonchev–Trinajstić information content (AvgIpc) is 3.42. The number of morpholine rings is 1. The van der Waals surface area contributed by atoms with Crippen molar-refractivity contribution in [2.24, 2.45) is 0 Å². The van der Waals surface area contributed by atoms with Crippen LogP contribution in [0.4, 0.5) is 16.3 Å². The van der Waals surface area contributed by atoms with Crippen LogP contribution in [0, 0.1) is 0 Å². The minimum Gasteiger partial charge on any atom is -0.371 e. The Bertz CT molecular complexity index is 1050. The number of nitrogens with one attached hydrogen (secondary N) is 2. The fraction of sp³-hybridized carbons (Fsp3) is 0.500. The lowest BCUT2D eigenvalue weighted by molar-refractivity contribution is 0.0302. The summed E-state index contributed by atoms with van der Waals surface area (Å²) in [7, 11) is -2.72. The number of benzene rings is 1. The summed E-state index contributed by atoms with van der Waals surface area (Å²) in [6.45, 7) is 1.52. The fourth-order valence-corrected chi connectivity index (χ4v) is 6.28. The van der Waals surface area contributed by atoms with Gasteiger partial charge in [0.25, 0.3) is 0 Å². The van der Waals surface area contributed by atoms with Gasteiger partial charge < -0.3 is 20.3 Å². The Balaban J connectivity index is 1.29. The van der Waals surface area contributed by atoms with Crippen LogP contribution in [0.15, 0.2) is 24.3 Å². The molecule has 2 bridgehead atoms. The minimum atomic E-state index is -2.72. The number of aromatic nitrogens is 2. The Morgan fingerprint density at radius 3 is 2.44 bits per heavy atom. The summed E-state index contributed by atoms with van der Waals surface area (Å²) >= 11 is 0. The molecule has 4 N–H and O–H groups in total. The monoisotopic (exact) mass is 457 g/mol. The van der Waals surface area contributed by atoms with Crippen LogP contribution in [0.3, 0.4) is 0 Å². The van der Waals surface area contributed by atoms with Crippen molar-refractivity contribution in [1.82, 2.24) is 15.3 Å². The quantitative estimate of drug-likeness (QED) is 0.554. The second-order valence-corrected chi connectivity index (χ2v) is 11.4. The van der Waals surface area contributed by atoms with Gasteiger partial charge in [-0.05, 0) is 49.9 Å². The number of rotatable bonds is 4. The molecular weight excluding hydrogens is 430 g/mol. The maximum absolute atomic E-state index is 12.0. The molecule has 3 aliphatic heterocycles. The van der Waals surface area contributed by atoms with Crippen molar-refractivity contribution in [2.45, 2.75) is 55.4 Å². The molecule has 0 radical (unpaired) electrons. The molecule has 1 aliphatic carbocycles. The van der Waals surface area contributed by atoms with Crippen LogP contribution in [0.2, 0.25) is 0 Å². The highest BCUT2D eigenvalue weighted by molar-refractivity contribution is 8.23. The maximum atomic E-state index is 12.0. The van der Waals surface area contributed by atoms with Crippen LogP contribution in [0.25, 0.3) is 11.4 Å². The van der Waals surface area contributed by atoms with Gasteiger partial charge in [0.05, 0.1) is 29.4 Å². The number of amides is 2. The van der Waals surface area contributed by atoms with Gasteiger partial charge in [0.15, 0.2) is 5.82 Å². The lowest BCUT2D eigenvalue weighted by atomic mass is 10.1. The fourth-order valence-electron chi connectivity index (χ4n) is 4.75. The predicted octanol–water partition coefficient (Wildman–Crippen LogP) is 3.56. The summed E-state index contributed by atoms with van der Waals surface area (Å²) in [6, 6.07) is 7.54. The number of urea groups is 1. The van der Waals surface area contributed by atoms with Gasteiger partial charge >= 0.3 is 6.03 Å². The van der Waals surface area contributed by atoms with Crippen LogP contribution < -0.4 is 15.5 Å².